The van der Waals surface area contributed by atoms with Crippen molar-refractivity contribution in [2.75, 3.05) is 13.7 Å². The fourth-order valence-corrected chi connectivity index (χ4v) is 2.30. The molecule has 1 atom stereocenters. The molecule has 0 spiro atoms. The second-order valence-corrected chi connectivity index (χ2v) is 4.73. The van der Waals surface area contributed by atoms with Crippen LogP contribution in [0.25, 0.3) is 4.96 Å². The summed E-state index contributed by atoms with van der Waals surface area (Å²) in [7, 11) is 1.60. The van der Waals surface area contributed by atoms with Crippen LogP contribution in [0, 0.1) is 0 Å². The van der Waals surface area contributed by atoms with Crippen LogP contribution in [0.5, 0.6) is 0 Å². The van der Waals surface area contributed by atoms with E-state index in [4.69, 9.17) is 10.5 Å². The molecule has 0 aliphatic carbocycles. The molecule has 0 aromatic carbocycles. The Morgan fingerprint density at radius 2 is 2.53 bits per heavy atom. The van der Waals surface area contributed by atoms with Gasteiger partial charge in [0.1, 0.15) is 0 Å². The number of nitrogens with two attached hydrogens (primary N) is 1. The van der Waals surface area contributed by atoms with Gasteiger partial charge in [0.05, 0.1) is 18.2 Å². The van der Waals surface area contributed by atoms with E-state index in [9.17, 15) is 4.79 Å². The number of nitrogens with zero attached hydrogens (tertiary/aromatic N) is 2. The summed E-state index contributed by atoms with van der Waals surface area (Å²) in [6.45, 7) is 0.505. The highest BCUT2D eigenvalue weighted by atomic mass is 32.1. The van der Waals surface area contributed by atoms with Crippen LogP contribution in [0.3, 0.4) is 0 Å². The third kappa shape index (κ3) is 2.91. The lowest BCUT2D eigenvalue weighted by Gasteiger charge is -2.08. The van der Waals surface area contributed by atoms with E-state index in [1.54, 1.807) is 18.4 Å². The monoisotopic (exact) mass is 253 g/mol. The number of ketones is 1. The molecule has 0 aliphatic rings. The minimum atomic E-state index is -0.463. The number of ether oxygens (including phenoxy) is 1. The Balaban J connectivity index is 1.96. The summed E-state index contributed by atoms with van der Waals surface area (Å²) in [5.74, 6) is 0.00723. The average Bonchev–Trinajstić information content (AvgIpc) is 2.86. The van der Waals surface area contributed by atoms with E-state index < -0.39 is 6.04 Å². The number of hydrogen-bond donors (Lipinski definition) is 1. The second-order valence-electron chi connectivity index (χ2n) is 3.86. The molecule has 2 N–H and O–H groups in total. The fraction of sp³-hybridized carbons (Fsp3) is 0.455. The van der Waals surface area contributed by atoms with Gasteiger partial charge in [0, 0.05) is 31.5 Å². The first-order valence-electron chi connectivity index (χ1n) is 5.39. The predicted octanol–water partition coefficient (Wildman–Crippen LogP) is 0.871. The van der Waals surface area contributed by atoms with Gasteiger partial charge in [-0.25, -0.2) is 4.98 Å². The molecule has 0 fully saturated rings. The molecule has 2 rings (SSSR count). The van der Waals surface area contributed by atoms with Gasteiger partial charge in [0.2, 0.25) is 0 Å². The van der Waals surface area contributed by atoms with Crippen molar-refractivity contribution >= 4 is 22.1 Å². The number of fused-ring (bicyclic) bond motifs is 1. The molecule has 2 heterocycles. The van der Waals surface area contributed by atoms with Crippen molar-refractivity contribution < 1.29 is 9.53 Å². The normalized spacial score (nSPS) is 13.1. The van der Waals surface area contributed by atoms with Crippen molar-refractivity contribution in [3.8, 4) is 0 Å². The molecule has 5 nitrogen and oxygen atoms in total. The highest BCUT2D eigenvalue weighted by molar-refractivity contribution is 7.15. The van der Waals surface area contributed by atoms with Crippen molar-refractivity contribution in [2.45, 2.75) is 18.9 Å². The molecule has 0 bridgehead atoms. The Hall–Kier alpha value is -1.24. The molecule has 0 saturated carbocycles. The lowest BCUT2D eigenvalue weighted by molar-refractivity contribution is -0.120. The number of methoxy groups -OCH3 is 1. The first-order valence-corrected chi connectivity index (χ1v) is 6.27. The zero-order valence-electron chi connectivity index (χ0n) is 9.63. The molecule has 2 aromatic rings. The number of hydrogen-bond acceptors (Lipinski definition) is 5. The predicted molar refractivity (Wildman–Crippen MR) is 66.2 cm³/mol. The number of Topliss-reactive ketones (excluding diaryl/α,β-unsaturated/α-hetero) is 1. The van der Waals surface area contributed by atoms with Crippen LogP contribution in [0.15, 0.2) is 17.8 Å². The largest absolute Gasteiger partial charge is 0.385 e. The van der Waals surface area contributed by atoms with Crippen molar-refractivity contribution in [3.05, 3.63) is 23.5 Å². The number of carbonyl (C=O) groups excluding carboxylic acids is 1. The Labute approximate surface area is 103 Å². The number of carbonyl (C=O) groups is 1. The van der Waals surface area contributed by atoms with Crippen LogP contribution in [0.2, 0.25) is 0 Å². The first kappa shape index (κ1) is 12.2. The van der Waals surface area contributed by atoms with Gasteiger partial charge < -0.3 is 10.5 Å². The Bertz CT molecular complexity index is 477. The van der Waals surface area contributed by atoms with Crippen LogP contribution < -0.4 is 5.73 Å². The molecule has 1 unspecified atom stereocenters. The molecule has 0 saturated heterocycles. The van der Waals surface area contributed by atoms with Crippen molar-refractivity contribution in [1.29, 1.82) is 0 Å². The standard InChI is InChI=1S/C11H15N3O2S/c1-16-4-2-9(12)10(15)6-8-7-14-3-5-17-11(14)13-8/h3,5,7,9H,2,4,6,12H2,1H3. The molecule has 0 radical (unpaired) electrons. The highest BCUT2D eigenvalue weighted by Gasteiger charge is 2.15. The van der Waals surface area contributed by atoms with Gasteiger partial charge in [0.15, 0.2) is 10.7 Å². The molecular weight excluding hydrogens is 238 g/mol. The third-order valence-electron chi connectivity index (χ3n) is 2.55. The maximum Gasteiger partial charge on any atom is 0.193 e. The molecule has 17 heavy (non-hydrogen) atoms. The molecule has 0 amide bonds. The van der Waals surface area contributed by atoms with Gasteiger partial charge in [-0.3, -0.25) is 9.20 Å². The lowest BCUT2D eigenvalue weighted by Crippen LogP contribution is -2.33. The van der Waals surface area contributed by atoms with Crippen LogP contribution in [-0.2, 0) is 16.0 Å². The number of rotatable bonds is 6. The van der Waals surface area contributed by atoms with Gasteiger partial charge >= 0.3 is 0 Å². The average molecular weight is 253 g/mol. The van der Waals surface area contributed by atoms with Crippen molar-refractivity contribution in [3.63, 3.8) is 0 Å². The summed E-state index contributed by atoms with van der Waals surface area (Å²) < 4.78 is 6.81. The maximum absolute atomic E-state index is 11.8. The van der Waals surface area contributed by atoms with Crippen molar-refractivity contribution in [1.82, 2.24) is 9.38 Å². The van der Waals surface area contributed by atoms with Gasteiger partial charge in [-0.05, 0) is 6.42 Å². The molecule has 6 heteroatoms. The Morgan fingerprint density at radius 3 is 3.24 bits per heavy atom. The Morgan fingerprint density at radius 1 is 1.71 bits per heavy atom. The number of imidazole rings is 1. The van der Waals surface area contributed by atoms with E-state index in [0.29, 0.717) is 19.4 Å². The lowest BCUT2D eigenvalue weighted by atomic mass is 10.1. The summed E-state index contributed by atoms with van der Waals surface area (Å²) in [5, 5.41) is 1.96. The minimum absolute atomic E-state index is 0.00723. The van der Waals surface area contributed by atoms with E-state index >= 15 is 0 Å². The van der Waals surface area contributed by atoms with Crippen LogP contribution in [0.4, 0.5) is 0 Å². The van der Waals surface area contributed by atoms with E-state index in [1.165, 1.54) is 0 Å². The van der Waals surface area contributed by atoms with E-state index in [0.717, 1.165) is 10.7 Å². The number of aromatic nitrogens is 2. The zero-order valence-corrected chi connectivity index (χ0v) is 10.4. The molecule has 0 aliphatic heterocycles. The third-order valence-corrected chi connectivity index (χ3v) is 3.32. The van der Waals surface area contributed by atoms with E-state index in [1.807, 2.05) is 22.2 Å². The summed E-state index contributed by atoms with van der Waals surface area (Å²) in [5.41, 5.74) is 6.53. The molecule has 92 valence electrons. The van der Waals surface area contributed by atoms with Crippen LogP contribution in [-0.4, -0.2) is 34.9 Å². The van der Waals surface area contributed by atoms with Gasteiger partial charge in [-0.2, -0.15) is 0 Å². The van der Waals surface area contributed by atoms with Crippen molar-refractivity contribution in [2.24, 2.45) is 5.73 Å². The summed E-state index contributed by atoms with van der Waals surface area (Å²) >= 11 is 1.55. The summed E-state index contributed by atoms with van der Waals surface area (Å²) in [4.78, 5) is 17.0. The molecule has 2 aromatic heterocycles. The SMILES string of the molecule is COCCC(N)C(=O)Cc1cn2ccsc2n1. The number of thiazole rings is 1. The zero-order chi connectivity index (χ0) is 12.3. The van der Waals surface area contributed by atoms with Crippen LogP contribution in [0.1, 0.15) is 12.1 Å². The maximum atomic E-state index is 11.8. The first-order chi connectivity index (χ1) is 8.20. The summed E-state index contributed by atoms with van der Waals surface area (Å²) in [6.07, 6.45) is 4.63. The minimum Gasteiger partial charge on any atom is -0.385 e. The quantitative estimate of drug-likeness (QED) is 0.829. The van der Waals surface area contributed by atoms with Gasteiger partial charge in [-0.15, -0.1) is 11.3 Å². The summed E-state index contributed by atoms with van der Waals surface area (Å²) in [6, 6.07) is -0.463. The van der Waals surface area contributed by atoms with Gasteiger partial charge in [-0.1, -0.05) is 0 Å². The van der Waals surface area contributed by atoms with E-state index in [-0.39, 0.29) is 5.78 Å². The smallest absolute Gasteiger partial charge is 0.193 e. The second kappa shape index (κ2) is 5.39. The van der Waals surface area contributed by atoms with E-state index in [2.05, 4.69) is 4.98 Å². The Kier molecular flexibility index (Phi) is 3.88. The van der Waals surface area contributed by atoms with Crippen LogP contribution >= 0.6 is 11.3 Å². The highest BCUT2D eigenvalue weighted by Crippen LogP contribution is 2.12. The van der Waals surface area contributed by atoms with Gasteiger partial charge in [0.25, 0.3) is 0 Å². The fourth-order valence-electron chi connectivity index (χ4n) is 1.58. The molecular formula is C11H15N3O2S. The topological polar surface area (TPSA) is 69.6 Å².